The van der Waals surface area contributed by atoms with Crippen LogP contribution < -0.4 is 9.62 Å². The topological polar surface area (TPSA) is 86.8 Å². The van der Waals surface area contributed by atoms with Crippen molar-refractivity contribution in [3.63, 3.8) is 0 Å². The fraction of sp³-hybridized carbons (Fsp3) is 0.417. The molecule has 0 aromatic heterocycles. The number of hydrogen-bond acceptors (Lipinski definition) is 4. The molecule has 2 rings (SSSR count). The van der Waals surface area contributed by atoms with Crippen LogP contribution in [0.15, 0.2) is 42.5 Å². The number of amides is 2. The van der Waals surface area contributed by atoms with Gasteiger partial charge in [-0.25, -0.2) is 8.42 Å². The quantitative estimate of drug-likeness (QED) is 0.495. The normalized spacial score (nSPS) is 13.1. The Hall–Kier alpha value is -2.29. The Morgan fingerprint density at radius 2 is 1.71 bits per heavy atom. The molecule has 0 heterocycles. The minimum atomic E-state index is -3.78. The average Bonchev–Trinajstić information content (AvgIpc) is 2.77. The molecule has 0 aliphatic carbocycles. The SMILES string of the molecule is CC[C@H](C)NC(=O)[C@@H](C)N(Cc1ccc(Cl)c(Cl)c1)C(=O)CN(c1ccccc1C)S(C)(=O)=O. The summed E-state index contributed by atoms with van der Waals surface area (Å²) in [6, 6.07) is 10.9. The van der Waals surface area contributed by atoms with Crippen LogP contribution in [-0.4, -0.2) is 50.0 Å². The molecule has 0 spiro atoms. The van der Waals surface area contributed by atoms with Crippen LogP contribution in [0.2, 0.25) is 10.0 Å². The highest BCUT2D eigenvalue weighted by Gasteiger charge is 2.31. The van der Waals surface area contributed by atoms with Gasteiger partial charge < -0.3 is 10.2 Å². The van der Waals surface area contributed by atoms with Crippen LogP contribution in [0.1, 0.15) is 38.3 Å². The van der Waals surface area contributed by atoms with E-state index in [2.05, 4.69) is 5.32 Å². The molecule has 0 fully saturated rings. The van der Waals surface area contributed by atoms with E-state index in [1.807, 2.05) is 13.8 Å². The third-order valence-corrected chi connectivity index (χ3v) is 7.43. The number of rotatable bonds is 10. The van der Waals surface area contributed by atoms with E-state index in [1.165, 1.54) is 4.90 Å². The van der Waals surface area contributed by atoms with Crippen LogP contribution in [0.3, 0.4) is 0 Å². The first-order valence-corrected chi connectivity index (χ1v) is 13.5. The first kappa shape index (κ1) is 28.0. The summed E-state index contributed by atoms with van der Waals surface area (Å²) in [7, 11) is -3.78. The van der Waals surface area contributed by atoms with Gasteiger partial charge in [0.1, 0.15) is 12.6 Å². The summed E-state index contributed by atoms with van der Waals surface area (Å²) >= 11 is 12.2. The van der Waals surface area contributed by atoms with Crippen molar-refractivity contribution in [2.75, 3.05) is 17.1 Å². The van der Waals surface area contributed by atoms with Gasteiger partial charge in [0.2, 0.25) is 21.8 Å². The Bertz CT molecular complexity index is 1140. The van der Waals surface area contributed by atoms with E-state index in [-0.39, 0.29) is 18.5 Å². The maximum Gasteiger partial charge on any atom is 0.244 e. The van der Waals surface area contributed by atoms with Crippen molar-refractivity contribution in [2.24, 2.45) is 0 Å². The molecule has 0 unspecified atom stereocenters. The lowest BCUT2D eigenvalue weighted by Gasteiger charge is -2.32. The van der Waals surface area contributed by atoms with Gasteiger partial charge in [0, 0.05) is 12.6 Å². The number of benzene rings is 2. The zero-order valence-electron chi connectivity index (χ0n) is 20.0. The van der Waals surface area contributed by atoms with Crippen LogP contribution >= 0.6 is 23.2 Å². The molecule has 0 aliphatic heterocycles. The van der Waals surface area contributed by atoms with Gasteiger partial charge in [-0.15, -0.1) is 0 Å². The lowest BCUT2D eigenvalue weighted by molar-refractivity contribution is -0.139. The predicted molar refractivity (Wildman–Crippen MR) is 138 cm³/mol. The number of hydrogen-bond donors (Lipinski definition) is 1. The number of anilines is 1. The van der Waals surface area contributed by atoms with Gasteiger partial charge in [-0.1, -0.05) is 54.4 Å². The van der Waals surface area contributed by atoms with Crippen LogP contribution in [0.25, 0.3) is 0 Å². The van der Waals surface area contributed by atoms with Crippen LogP contribution in [0, 0.1) is 6.92 Å². The van der Waals surface area contributed by atoms with Gasteiger partial charge in [0.25, 0.3) is 0 Å². The van der Waals surface area contributed by atoms with Crippen LogP contribution in [-0.2, 0) is 26.2 Å². The largest absolute Gasteiger partial charge is 0.352 e. The molecular weight excluding hydrogens is 497 g/mol. The molecular formula is C24H31Cl2N3O4S. The minimum Gasteiger partial charge on any atom is -0.352 e. The number of nitrogens with one attached hydrogen (secondary N) is 1. The summed E-state index contributed by atoms with van der Waals surface area (Å²) in [5, 5.41) is 3.57. The molecule has 1 N–H and O–H groups in total. The zero-order valence-corrected chi connectivity index (χ0v) is 22.3. The van der Waals surface area contributed by atoms with E-state index in [0.29, 0.717) is 26.9 Å². The molecule has 2 aromatic carbocycles. The second kappa shape index (κ2) is 11.9. The van der Waals surface area contributed by atoms with Gasteiger partial charge in [0.15, 0.2) is 0 Å². The molecule has 2 aromatic rings. The summed E-state index contributed by atoms with van der Waals surface area (Å²) in [6.45, 7) is 6.81. The number of carbonyl (C=O) groups is 2. The van der Waals surface area contributed by atoms with E-state index < -0.39 is 28.5 Å². The Labute approximate surface area is 212 Å². The van der Waals surface area contributed by atoms with E-state index >= 15 is 0 Å². The Balaban J connectivity index is 2.42. The summed E-state index contributed by atoms with van der Waals surface area (Å²) in [6.07, 6.45) is 1.78. The fourth-order valence-corrected chi connectivity index (χ4v) is 4.55. The monoisotopic (exact) mass is 527 g/mol. The van der Waals surface area contributed by atoms with Crippen LogP contribution in [0.5, 0.6) is 0 Å². The third kappa shape index (κ3) is 7.35. The fourth-order valence-electron chi connectivity index (χ4n) is 3.32. The molecule has 34 heavy (non-hydrogen) atoms. The Kier molecular flexibility index (Phi) is 9.79. The molecule has 2 atom stereocenters. The highest BCUT2D eigenvalue weighted by molar-refractivity contribution is 7.92. The van der Waals surface area contributed by atoms with E-state index in [0.717, 1.165) is 17.0 Å². The number of carbonyl (C=O) groups excluding carboxylic acids is 2. The zero-order chi connectivity index (χ0) is 25.6. The van der Waals surface area contributed by atoms with Crippen molar-refractivity contribution >= 4 is 50.7 Å². The number of aryl methyl sites for hydroxylation is 1. The first-order chi connectivity index (χ1) is 15.8. The number of nitrogens with zero attached hydrogens (tertiary/aromatic N) is 2. The van der Waals surface area contributed by atoms with Crippen molar-refractivity contribution in [3.8, 4) is 0 Å². The molecule has 7 nitrogen and oxygen atoms in total. The molecule has 0 saturated heterocycles. The van der Waals surface area contributed by atoms with Crippen molar-refractivity contribution in [2.45, 2.75) is 52.7 Å². The summed E-state index contributed by atoms with van der Waals surface area (Å²) in [5.74, 6) is -0.851. The molecule has 186 valence electrons. The van der Waals surface area contributed by atoms with Crippen molar-refractivity contribution in [1.82, 2.24) is 10.2 Å². The summed E-state index contributed by atoms with van der Waals surface area (Å²) in [5.41, 5.74) is 1.77. The number of halogens is 2. The van der Waals surface area contributed by atoms with Gasteiger partial charge >= 0.3 is 0 Å². The van der Waals surface area contributed by atoms with Crippen LogP contribution in [0.4, 0.5) is 5.69 Å². The van der Waals surface area contributed by atoms with Crippen molar-refractivity contribution in [1.29, 1.82) is 0 Å². The summed E-state index contributed by atoms with van der Waals surface area (Å²) < 4.78 is 26.3. The molecule has 0 radical (unpaired) electrons. The number of sulfonamides is 1. The second-order valence-corrected chi connectivity index (χ2v) is 11.0. The van der Waals surface area contributed by atoms with Crippen molar-refractivity contribution in [3.05, 3.63) is 63.6 Å². The molecule has 0 aliphatic rings. The molecule has 2 amide bonds. The Morgan fingerprint density at radius 3 is 2.26 bits per heavy atom. The maximum atomic E-state index is 13.5. The van der Waals surface area contributed by atoms with E-state index in [9.17, 15) is 18.0 Å². The van der Waals surface area contributed by atoms with Gasteiger partial charge in [-0.3, -0.25) is 13.9 Å². The molecule has 10 heteroatoms. The highest BCUT2D eigenvalue weighted by atomic mass is 35.5. The number of para-hydroxylation sites is 1. The molecule has 0 bridgehead atoms. The Morgan fingerprint density at radius 1 is 1.06 bits per heavy atom. The lowest BCUT2D eigenvalue weighted by Crippen LogP contribution is -2.52. The second-order valence-electron chi connectivity index (χ2n) is 8.32. The summed E-state index contributed by atoms with van der Waals surface area (Å²) in [4.78, 5) is 27.8. The van der Waals surface area contributed by atoms with E-state index in [4.69, 9.17) is 23.2 Å². The average molecular weight is 529 g/mol. The van der Waals surface area contributed by atoms with Gasteiger partial charge in [0.05, 0.1) is 22.0 Å². The molecule has 0 saturated carbocycles. The standard InChI is InChI=1S/C24H31Cl2N3O4S/c1-6-17(3)27-24(31)18(4)28(14-19-11-12-20(25)21(26)13-19)23(30)15-29(34(5,32)33)22-10-8-7-9-16(22)2/h7-13,17-18H,6,14-15H2,1-5H3,(H,27,31)/t17-,18+/m0/s1. The van der Waals surface area contributed by atoms with Gasteiger partial charge in [-0.2, -0.15) is 0 Å². The van der Waals surface area contributed by atoms with Gasteiger partial charge in [-0.05, 0) is 56.5 Å². The first-order valence-electron chi connectivity index (χ1n) is 10.9. The van der Waals surface area contributed by atoms with Crippen molar-refractivity contribution < 1.29 is 18.0 Å². The third-order valence-electron chi connectivity index (χ3n) is 5.57. The predicted octanol–water partition coefficient (Wildman–Crippen LogP) is 4.40. The minimum absolute atomic E-state index is 0.0518. The highest BCUT2D eigenvalue weighted by Crippen LogP contribution is 2.25. The maximum absolute atomic E-state index is 13.5. The van der Waals surface area contributed by atoms with E-state index in [1.54, 1.807) is 56.3 Å². The smallest absolute Gasteiger partial charge is 0.244 e. The lowest BCUT2D eigenvalue weighted by atomic mass is 10.1.